The van der Waals surface area contributed by atoms with Gasteiger partial charge in [0, 0.05) is 32.1 Å². The van der Waals surface area contributed by atoms with Crippen molar-refractivity contribution in [2.24, 2.45) is 0 Å². The second-order valence-electron chi connectivity index (χ2n) is 4.98. The predicted molar refractivity (Wildman–Crippen MR) is 73.2 cm³/mol. The lowest BCUT2D eigenvalue weighted by Crippen LogP contribution is -2.50. The fourth-order valence-electron chi connectivity index (χ4n) is 2.43. The first-order chi connectivity index (χ1) is 8.61. The van der Waals surface area contributed by atoms with Crippen LogP contribution in [0.2, 0.25) is 0 Å². The van der Waals surface area contributed by atoms with Crippen LogP contribution in [0.15, 0.2) is 18.3 Å². The molecule has 18 heavy (non-hydrogen) atoms. The largest absolute Gasteiger partial charge is 0.365 e. The standard InChI is InChI=1S/C14H21N3O/c1-4-14(18)13-6-5-12(9-15-13)17-8-7-16(3)10-11(17)2/h5-6,9,11H,4,7-8,10H2,1-3H3. The van der Waals surface area contributed by atoms with E-state index in [0.717, 1.165) is 25.3 Å². The van der Waals surface area contributed by atoms with Crippen LogP contribution in [0.4, 0.5) is 5.69 Å². The number of hydrogen-bond acceptors (Lipinski definition) is 4. The van der Waals surface area contributed by atoms with Crippen LogP contribution in [-0.4, -0.2) is 48.4 Å². The van der Waals surface area contributed by atoms with Gasteiger partial charge in [-0.25, -0.2) is 0 Å². The van der Waals surface area contributed by atoms with E-state index in [-0.39, 0.29) is 5.78 Å². The molecule has 0 bridgehead atoms. The molecular formula is C14H21N3O. The SMILES string of the molecule is CCC(=O)c1ccc(N2CCN(C)CC2C)cn1. The van der Waals surface area contributed by atoms with Crippen LogP contribution >= 0.6 is 0 Å². The number of piperazine rings is 1. The van der Waals surface area contributed by atoms with Gasteiger partial charge in [-0.05, 0) is 26.1 Å². The molecule has 0 amide bonds. The quantitative estimate of drug-likeness (QED) is 0.763. The summed E-state index contributed by atoms with van der Waals surface area (Å²) >= 11 is 0. The smallest absolute Gasteiger partial charge is 0.180 e. The van der Waals surface area contributed by atoms with Crippen molar-refractivity contribution in [3.8, 4) is 0 Å². The Labute approximate surface area is 109 Å². The Bertz CT molecular complexity index is 416. The summed E-state index contributed by atoms with van der Waals surface area (Å²) in [5.74, 6) is 0.105. The third kappa shape index (κ3) is 2.70. The molecule has 0 N–H and O–H groups in total. The summed E-state index contributed by atoms with van der Waals surface area (Å²) in [5.41, 5.74) is 1.69. The minimum atomic E-state index is 0.105. The molecule has 0 spiro atoms. The lowest BCUT2D eigenvalue weighted by Gasteiger charge is -2.39. The van der Waals surface area contributed by atoms with E-state index in [1.54, 1.807) is 0 Å². The zero-order valence-corrected chi connectivity index (χ0v) is 11.4. The molecule has 1 atom stereocenters. The molecule has 0 radical (unpaired) electrons. The van der Waals surface area contributed by atoms with Crippen LogP contribution in [0.25, 0.3) is 0 Å². The zero-order chi connectivity index (χ0) is 13.1. The van der Waals surface area contributed by atoms with Gasteiger partial charge < -0.3 is 9.80 Å². The highest BCUT2D eigenvalue weighted by Gasteiger charge is 2.21. The Morgan fingerprint density at radius 1 is 1.44 bits per heavy atom. The molecule has 1 fully saturated rings. The number of aromatic nitrogens is 1. The molecule has 1 unspecified atom stereocenters. The second-order valence-corrected chi connectivity index (χ2v) is 4.98. The molecule has 98 valence electrons. The topological polar surface area (TPSA) is 36.4 Å². The Hall–Kier alpha value is -1.42. The maximum Gasteiger partial charge on any atom is 0.180 e. The number of rotatable bonds is 3. The van der Waals surface area contributed by atoms with E-state index in [2.05, 4.69) is 28.8 Å². The molecule has 2 rings (SSSR count). The molecule has 1 aromatic rings. The Balaban J connectivity index is 2.12. The predicted octanol–water partition coefficient (Wildman–Crippen LogP) is 1.81. The van der Waals surface area contributed by atoms with E-state index in [1.165, 1.54) is 0 Å². The molecule has 1 saturated heterocycles. The van der Waals surface area contributed by atoms with E-state index in [4.69, 9.17) is 0 Å². The Morgan fingerprint density at radius 2 is 2.22 bits per heavy atom. The van der Waals surface area contributed by atoms with Crippen molar-refractivity contribution in [3.63, 3.8) is 0 Å². The highest BCUT2D eigenvalue weighted by Crippen LogP contribution is 2.19. The summed E-state index contributed by atoms with van der Waals surface area (Å²) in [6, 6.07) is 4.34. The van der Waals surface area contributed by atoms with Crippen molar-refractivity contribution in [1.82, 2.24) is 9.88 Å². The maximum atomic E-state index is 11.5. The summed E-state index contributed by atoms with van der Waals surface area (Å²) < 4.78 is 0. The third-order valence-corrected chi connectivity index (χ3v) is 3.52. The Kier molecular flexibility index (Phi) is 3.97. The van der Waals surface area contributed by atoms with Crippen molar-refractivity contribution in [3.05, 3.63) is 24.0 Å². The number of Topliss-reactive ketones (excluding diaryl/α,β-unsaturated/α-hetero) is 1. The monoisotopic (exact) mass is 247 g/mol. The zero-order valence-electron chi connectivity index (χ0n) is 11.4. The second kappa shape index (κ2) is 5.48. The fourth-order valence-corrected chi connectivity index (χ4v) is 2.43. The number of anilines is 1. The van der Waals surface area contributed by atoms with Crippen LogP contribution in [0.3, 0.4) is 0 Å². The molecule has 1 aromatic heterocycles. The number of nitrogens with zero attached hydrogens (tertiary/aromatic N) is 3. The van der Waals surface area contributed by atoms with Crippen LogP contribution in [0.5, 0.6) is 0 Å². The number of hydrogen-bond donors (Lipinski definition) is 0. The van der Waals surface area contributed by atoms with E-state index >= 15 is 0 Å². The fraction of sp³-hybridized carbons (Fsp3) is 0.571. The molecule has 1 aliphatic rings. The van der Waals surface area contributed by atoms with Gasteiger partial charge in [0.05, 0.1) is 11.9 Å². The molecule has 4 nitrogen and oxygen atoms in total. The van der Waals surface area contributed by atoms with E-state index in [0.29, 0.717) is 18.2 Å². The van der Waals surface area contributed by atoms with Gasteiger partial charge in [-0.15, -0.1) is 0 Å². The van der Waals surface area contributed by atoms with Crippen LogP contribution < -0.4 is 4.90 Å². The van der Waals surface area contributed by atoms with E-state index in [1.807, 2.05) is 25.3 Å². The van der Waals surface area contributed by atoms with Crippen LogP contribution in [-0.2, 0) is 0 Å². The van der Waals surface area contributed by atoms with Gasteiger partial charge in [-0.2, -0.15) is 0 Å². The molecule has 2 heterocycles. The first-order valence-corrected chi connectivity index (χ1v) is 6.56. The Morgan fingerprint density at radius 3 is 2.78 bits per heavy atom. The van der Waals surface area contributed by atoms with Gasteiger partial charge >= 0.3 is 0 Å². The van der Waals surface area contributed by atoms with Gasteiger partial charge in [-0.1, -0.05) is 6.92 Å². The van der Waals surface area contributed by atoms with Crippen molar-refractivity contribution in [2.45, 2.75) is 26.3 Å². The van der Waals surface area contributed by atoms with Gasteiger partial charge in [0.1, 0.15) is 5.69 Å². The van der Waals surface area contributed by atoms with Gasteiger partial charge in [0.25, 0.3) is 0 Å². The van der Waals surface area contributed by atoms with Crippen LogP contribution in [0, 0.1) is 0 Å². The summed E-state index contributed by atoms with van der Waals surface area (Å²) in [6.45, 7) is 7.23. The molecular weight excluding hydrogens is 226 g/mol. The summed E-state index contributed by atoms with van der Waals surface area (Å²) in [5, 5.41) is 0. The number of ketones is 1. The maximum absolute atomic E-state index is 11.5. The minimum absolute atomic E-state index is 0.105. The number of pyridine rings is 1. The van der Waals surface area contributed by atoms with Crippen molar-refractivity contribution >= 4 is 11.5 Å². The average Bonchev–Trinajstić information content (AvgIpc) is 2.38. The van der Waals surface area contributed by atoms with Crippen LogP contribution in [0.1, 0.15) is 30.8 Å². The third-order valence-electron chi connectivity index (χ3n) is 3.52. The van der Waals surface area contributed by atoms with Crippen molar-refractivity contribution in [1.29, 1.82) is 0 Å². The van der Waals surface area contributed by atoms with Crippen molar-refractivity contribution in [2.75, 3.05) is 31.6 Å². The summed E-state index contributed by atoms with van der Waals surface area (Å²) in [7, 11) is 2.15. The van der Waals surface area contributed by atoms with E-state index < -0.39 is 0 Å². The molecule has 0 saturated carbocycles. The first-order valence-electron chi connectivity index (χ1n) is 6.56. The van der Waals surface area contributed by atoms with Gasteiger partial charge in [0.2, 0.25) is 0 Å². The van der Waals surface area contributed by atoms with Gasteiger partial charge in [-0.3, -0.25) is 9.78 Å². The number of carbonyl (C=O) groups excluding carboxylic acids is 1. The number of likely N-dealkylation sites (N-methyl/N-ethyl adjacent to an activating group) is 1. The summed E-state index contributed by atoms with van der Waals surface area (Å²) in [4.78, 5) is 20.5. The molecule has 1 aliphatic heterocycles. The molecule has 0 aliphatic carbocycles. The average molecular weight is 247 g/mol. The number of carbonyl (C=O) groups is 1. The molecule has 0 aromatic carbocycles. The molecule has 4 heteroatoms. The van der Waals surface area contributed by atoms with Gasteiger partial charge in [0.15, 0.2) is 5.78 Å². The van der Waals surface area contributed by atoms with Crippen molar-refractivity contribution < 1.29 is 4.79 Å². The minimum Gasteiger partial charge on any atom is -0.365 e. The highest BCUT2D eigenvalue weighted by atomic mass is 16.1. The first kappa shape index (κ1) is 13.0. The van der Waals surface area contributed by atoms with E-state index in [9.17, 15) is 4.79 Å². The normalized spacial score (nSPS) is 21.1. The summed E-state index contributed by atoms with van der Waals surface area (Å²) in [6.07, 6.45) is 2.34. The highest BCUT2D eigenvalue weighted by molar-refractivity contribution is 5.94. The lowest BCUT2D eigenvalue weighted by atomic mass is 10.1. The lowest BCUT2D eigenvalue weighted by molar-refractivity contribution is 0.0983.